The van der Waals surface area contributed by atoms with E-state index in [2.05, 4.69) is 4.90 Å². The average Bonchev–Trinajstić information content (AvgIpc) is 3.07. The van der Waals surface area contributed by atoms with Gasteiger partial charge in [-0.15, -0.1) is 12.4 Å². The lowest BCUT2D eigenvalue weighted by Crippen LogP contribution is -2.45. The predicted molar refractivity (Wildman–Crippen MR) is 79.3 cm³/mol. The van der Waals surface area contributed by atoms with E-state index in [0.29, 0.717) is 5.56 Å². The second-order valence-corrected chi connectivity index (χ2v) is 5.29. The molecule has 1 saturated heterocycles. The van der Waals surface area contributed by atoms with Gasteiger partial charge >= 0.3 is 0 Å². The topological polar surface area (TPSA) is 3.24 Å². The third-order valence-electron chi connectivity index (χ3n) is 4.36. The zero-order valence-electron chi connectivity index (χ0n) is 15.7. The van der Waals surface area contributed by atoms with Crippen molar-refractivity contribution in [3.05, 3.63) is 35.8 Å². The Morgan fingerprint density at radius 1 is 0.889 bits per heavy atom. The number of hydrogen-bond donors (Lipinski definition) is 0. The van der Waals surface area contributed by atoms with Crippen LogP contribution in [0.5, 0.6) is 0 Å². The smallest absolute Gasteiger partial charge is 0.0626 e. The number of benzene rings is 1. The van der Waals surface area contributed by atoms with Crippen molar-refractivity contribution in [3.8, 4) is 0 Å². The van der Waals surface area contributed by atoms with Gasteiger partial charge < -0.3 is 0 Å². The molecule has 1 nitrogen and oxygen atoms in total. The summed E-state index contributed by atoms with van der Waals surface area (Å²) in [5.41, 5.74) is 0.183. The third kappa shape index (κ3) is 2.44. The molecule has 3 rings (SSSR count). The van der Waals surface area contributed by atoms with Crippen molar-refractivity contribution < 1.29 is 6.85 Å². The van der Waals surface area contributed by atoms with Gasteiger partial charge in [0.25, 0.3) is 0 Å². The van der Waals surface area contributed by atoms with E-state index < -0.39 is 0 Å². The summed E-state index contributed by atoms with van der Waals surface area (Å²) in [6.45, 7) is 1.95. The van der Waals surface area contributed by atoms with Crippen LogP contribution >= 0.6 is 12.4 Å². The Bertz CT molecular complexity index is 551. The molecule has 0 aromatic heterocycles. The van der Waals surface area contributed by atoms with Gasteiger partial charge in [0.15, 0.2) is 0 Å². The van der Waals surface area contributed by atoms with Crippen molar-refractivity contribution in [1.82, 2.24) is 4.90 Å². The van der Waals surface area contributed by atoms with Crippen molar-refractivity contribution in [2.75, 3.05) is 13.1 Å². The van der Waals surface area contributed by atoms with Crippen molar-refractivity contribution in [2.45, 2.75) is 50.5 Å². The molecular weight excluding hydrogens is 242 g/mol. The Morgan fingerprint density at radius 2 is 1.50 bits per heavy atom. The summed E-state index contributed by atoms with van der Waals surface area (Å²) in [5.74, 6) is 0. The summed E-state index contributed by atoms with van der Waals surface area (Å²) in [6.07, 6.45) is 7.40. The second kappa shape index (κ2) is 6.08. The van der Waals surface area contributed by atoms with Gasteiger partial charge in [0.2, 0.25) is 0 Å². The molecule has 1 heterocycles. The molecule has 0 N–H and O–H groups in total. The van der Waals surface area contributed by atoms with Crippen molar-refractivity contribution >= 4 is 12.4 Å². The molecule has 0 bridgehead atoms. The highest BCUT2D eigenvalue weighted by atomic mass is 35.5. The fourth-order valence-corrected chi connectivity index (χ4v) is 3.49. The van der Waals surface area contributed by atoms with Crippen LogP contribution in [0.2, 0.25) is 0 Å². The van der Waals surface area contributed by atoms with E-state index in [1.165, 1.54) is 6.42 Å². The van der Waals surface area contributed by atoms with E-state index in [9.17, 15) is 0 Å². The van der Waals surface area contributed by atoms with Crippen LogP contribution in [-0.2, 0) is 5.54 Å². The highest BCUT2D eigenvalue weighted by Gasteiger charge is 2.40. The molecule has 1 aromatic rings. The van der Waals surface area contributed by atoms with Gasteiger partial charge in [-0.3, -0.25) is 4.90 Å². The quantitative estimate of drug-likeness (QED) is 0.772. The van der Waals surface area contributed by atoms with Crippen LogP contribution in [0.25, 0.3) is 0 Å². The number of nitrogens with zero attached hydrogens (tertiary/aromatic N) is 1. The summed E-state index contributed by atoms with van der Waals surface area (Å²) < 4.78 is 40.5. The minimum Gasteiger partial charge on any atom is -0.294 e. The largest absolute Gasteiger partial charge is 0.294 e. The summed E-state index contributed by atoms with van der Waals surface area (Å²) in [7, 11) is 0. The van der Waals surface area contributed by atoms with Gasteiger partial charge in [0, 0.05) is 5.54 Å². The first-order valence-electron chi connectivity index (χ1n) is 9.31. The summed E-state index contributed by atoms with van der Waals surface area (Å²) in [6, 6.07) is -0.675. The van der Waals surface area contributed by atoms with E-state index in [1.807, 2.05) is 0 Å². The van der Waals surface area contributed by atoms with Crippen LogP contribution in [-0.4, -0.2) is 18.0 Å². The van der Waals surface area contributed by atoms with E-state index >= 15 is 0 Å². The molecule has 18 heavy (non-hydrogen) atoms. The standard InChI is InChI=1S/C16H23N.ClH/c1-3-9-15(10-4-1)16(11-5-2-6-12-16)17-13-7-8-14-17;/h1,3-4,9-10H,2,5-8,11-14H2;1H/i1D,3D,4D,9D,10D;. The van der Waals surface area contributed by atoms with Gasteiger partial charge in [-0.1, -0.05) is 49.5 Å². The van der Waals surface area contributed by atoms with Crippen LogP contribution in [0, 0.1) is 0 Å². The van der Waals surface area contributed by atoms with Crippen molar-refractivity contribution in [1.29, 1.82) is 0 Å². The molecule has 1 saturated carbocycles. The summed E-state index contributed by atoms with van der Waals surface area (Å²) in [5, 5.41) is 0. The fraction of sp³-hybridized carbons (Fsp3) is 0.625. The zero-order chi connectivity index (χ0) is 15.9. The second-order valence-electron chi connectivity index (χ2n) is 5.29. The Kier molecular flexibility index (Phi) is 2.90. The summed E-state index contributed by atoms with van der Waals surface area (Å²) in [4.78, 5) is 2.39. The van der Waals surface area contributed by atoms with Crippen LogP contribution in [0.1, 0.15) is 57.4 Å². The van der Waals surface area contributed by atoms with Gasteiger partial charge in [0.05, 0.1) is 6.85 Å². The number of likely N-dealkylation sites (tertiary alicyclic amines) is 1. The fourth-order valence-electron chi connectivity index (χ4n) is 3.49. The molecule has 2 heteroatoms. The molecule has 0 atom stereocenters. The first kappa shape index (κ1) is 8.60. The molecule has 0 amide bonds. The maximum Gasteiger partial charge on any atom is 0.0626 e. The normalized spacial score (nSPS) is 27.4. The lowest BCUT2D eigenvalue weighted by atomic mass is 9.75. The van der Waals surface area contributed by atoms with E-state index in [0.717, 1.165) is 51.6 Å². The lowest BCUT2D eigenvalue weighted by molar-refractivity contribution is 0.0706. The Balaban J connectivity index is 0.00000192. The van der Waals surface area contributed by atoms with Crippen LogP contribution in [0.4, 0.5) is 0 Å². The number of halogens is 1. The molecule has 1 aliphatic carbocycles. The van der Waals surface area contributed by atoms with Gasteiger partial charge in [-0.05, 0) is 44.3 Å². The minimum absolute atomic E-state index is 0. The Labute approximate surface area is 124 Å². The SMILES string of the molecule is Cl.[2H]c1c([2H])c([2H])c(C2(N3CCCC3)CCCCC2)c([2H])c1[2H]. The molecule has 0 spiro atoms. The maximum absolute atomic E-state index is 8.36. The highest BCUT2D eigenvalue weighted by molar-refractivity contribution is 5.85. The average molecular weight is 271 g/mol. The first-order chi connectivity index (χ1) is 10.5. The Morgan fingerprint density at radius 3 is 2.11 bits per heavy atom. The highest BCUT2D eigenvalue weighted by Crippen LogP contribution is 2.43. The predicted octanol–water partition coefficient (Wildman–Crippen LogP) is 4.36. The monoisotopic (exact) mass is 270 g/mol. The molecule has 2 fully saturated rings. The lowest BCUT2D eigenvalue weighted by Gasteiger charge is -2.45. The third-order valence-corrected chi connectivity index (χ3v) is 4.36. The van der Waals surface area contributed by atoms with Crippen LogP contribution in [0.3, 0.4) is 0 Å². The van der Waals surface area contributed by atoms with Crippen LogP contribution < -0.4 is 0 Å². The molecule has 100 valence electrons. The van der Waals surface area contributed by atoms with Crippen LogP contribution in [0.15, 0.2) is 30.2 Å². The maximum atomic E-state index is 8.36. The van der Waals surface area contributed by atoms with Gasteiger partial charge in [-0.2, -0.15) is 0 Å². The molecule has 1 aliphatic heterocycles. The number of rotatable bonds is 2. The molecular formula is C16H24ClN. The zero-order valence-corrected chi connectivity index (χ0v) is 11.5. The first-order valence-corrected chi connectivity index (χ1v) is 6.81. The molecule has 0 unspecified atom stereocenters. The van der Waals surface area contributed by atoms with Crippen molar-refractivity contribution in [3.63, 3.8) is 0 Å². The van der Waals surface area contributed by atoms with Crippen molar-refractivity contribution in [2.24, 2.45) is 0 Å². The van der Waals surface area contributed by atoms with Gasteiger partial charge in [-0.25, -0.2) is 0 Å². The Hall–Kier alpha value is -0.530. The van der Waals surface area contributed by atoms with E-state index in [4.69, 9.17) is 6.85 Å². The molecule has 2 aliphatic rings. The number of hydrogen-bond acceptors (Lipinski definition) is 1. The minimum atomic E-state index is -0.359. The molecule has 1 aromatic carbocycles. The van der Waals surface area contributed by atoms with Gasteiger partial charge in [0.1, 0.15) is 0 Å². The summed E-state index contributed by atoms with van der Waals surface area (Å²) >= 11 is 0. The molecule has 0 radical (unpaired) electrons. The van der Waals surface area contributed by atoms with E-state index in [1.54, 1.807) is 0 Å². The van der Waals surface area contributed by atoms with E-state index in [-0.39, 0.29) is 48.2 Å².